The van der Waals surface area contributed by atoms with Gasteiger partial charge in [0, 0.05) is 16.1 Å². The van der Waals surface area contributed by atoms with Gasteiger partial charge in [-0.2, -0.15) is 23.4 Å². The standard InChI is InChI=1S/C25H18BrF3N6O3/c1-37-18-6-2-15(3-7-18)20-10-22(25(27,28)29)35-23(32-20)11-21(33-35)24(36)31-17-12-30-34(13-17)14-38-19-8-4-16(26)5-9-19/h2-13H,14H2,1H3,(H,31,36). The molecule has 1 amide bonds. The van der Waals surface area contributed by atoms with E-state index < -0.39 is 17.8 Å². The first-order chi connectivity index (χ1) is 18.2. The number of anilines is 1. The Balaban J connectivity index is 1.36. The van der Waals surface area contributed by atoms with Gasteiger partial charge < -0.3 is 14.8 Å². The van der Waals surface area contributed by atoms with Gasteiger partial charge in [0.1, 0.15) is 11.5 Å². The molecule has 0 atom stereocenters. The molecule has 38 heavy (non-hydrogen) atoms. The molecular weight excluding hydrogens is 569 g/mol. The Kier molecular flexibility index (Phi) is 6.76. The summed E-state index contributed by atoms with van der Waals surface area (Å²) in [5.74, 6) is 0.460. The molecule has 0 saturated heterocycles. The summed E-state index contributed by atoms with van der Waals surface area (Å²) in [4.78, 5) is 17.1. The molecule has 194 valence electrons. The first-order valence-corrected chi connectivity index (χ1v) is 11.8. The molecule has 0 fully saturated rings. The number of nitrogens with one attached hydrogen (secondary N) is 1. The largest absolute Gasteiger partial charge is 0.497 e. The van der Waals surface area contributed by atoms with Gasteiger partial charge in [-0.05, 0) is 54.6 Å². The number of fused-ring (bicyclic) bond motifs is 1. The molecule has 1 N–H and O–H groups in total. The third-order valence-corrected chi connectivity index (χ3v) is 5.93. The van der Waals surface area contributed by atoms with E-state index in [0.29, 0.717) is 27.3 Å². The Morgan fingerprint density at radius 1 is 1.05 bits per heavy atom. The SMILES string of the molecule is COc1ccc(-c2cc(C(F)(F)F)n3nc(C(=O)Nc4cnn(COc5ccc(Br)cc5)c4)cc3n2)cc1. The number of aromatic nitrogens is 5. The summed E-state index contributed by atoms with van der Waals surface area (Å²) >= 11 is 3.35. The lowest BCUT2D eigenvalue weighted by molar-refractivity contribution is -0.142. The van der Waals surface area contributed by atoms with Crippen LogP contribution in [-0.2, 0) is 12.9 Å². The zero-order valence-corrected chi connectivity index (χ0v) is 21.2. The van der Waals surface area contributed by atoms with E-state index in [-0.39, 0.29) is 23.8 Å². The van der Waals surface area contributed by atoms with Gasteiger partial charge >= 0.3 is 6.18 Å². The smallest absolute Gasteiger partial charge is 0.433 e. The number of carbonyl (C=O) groups excluding carboxylic acids is 1. The first kappa shape index (κ1) is 25.3. The van der Waals surface area contributed by atoms with Crippen molar-refractivity contribution in [2.45, 2.75) is 12.9 Å². The van der Waals surface area contributed by atoms with Gasteiger partial charge in [0.15, 0.2) is 23.8 Å². The monoisotopic (exact) mass is 586 g/mol. The van der Waals surface area contributed by atoms with Crippen molar-refractivity contribution in [3.05, 3.63) is 88.9 Å². The van der Waals surface area contributed by atoms with Crippen LogP contribution in [-0.4, -0.2) is 37.4 Å². The Labute approximate surface area is 221 Å². The minimum absolute atomic E-state index is 0.0754. The molecule has 13 heteroatoms. The Morgan fingerprint density at radius 2 is 1.76 bits per heavy atom. The third kappa shape index (κ3) is 5.47. The van der Waals surface area contributed by atoms with E-state index in [0.717, 1.165) is 10.5 Å². The quantitative estimate of drug-likeness (QED) is 0.264. The molecule has 0 aliphatic rings. The number of hydrogen-bond donors (Lipinski definition) is 1. The van der Waals surface area contributed by atoms with Gasteiger partial charge in [0.2, 0.25) is 0 Å². The lowest BCUT2D eigenvalue weighted by atomic mass is 10.1. The molecule has 0 unspecified atom stereocenters. The summed E-state index contributed by atoms with van der Waals surface area (Å²) in [7, 11) is 1.49. The molecule has 0 bridgehead atoms. The van der Waals surface area contributed by atoms with Crippen LogP contribution in [0.1, 0.15) is 16.2 Å². The van der Waals surface area contributed by atoms with E-state index >= 15 is 0 Å². The predicted molar refractivity (Wildman–Crippen MR) is 135 cm³/mol. The number of amides is 1. The Bertz CT molecular complexity index is 1600. The fraction of sp³-hybridized carbons (Fsp3) is 0.120. The molecule has 0 saturated carbocycles. The second-order valence-corrected chi connectivity index (χ2v) is 8.92. The molecule has 0 radical (unpaired) electrons. The van der Waals surface area contributed by atoms with Gasteiger partial charge in [-0.25, -0.2) is 14.2 Å². The average Bonchev–Trinajstić information content (AvgIpc) is 3.54. The number of halogens is 4. The molecule has 2 aromatic carbocycles. The van der Waals surface area contributed by atoms with Crippen molar-refractivity contribution in [3.63, 3.8) is 0 Å². The molecular formula is C25H18BrF3N6O3. The normalized spacial score (nSPS) is 11.5. The topological polar surface area (TPSA) is 95.6 Å². The van der Waals surface area contributed by atoms with E-state index in [9.17, 15) is 18.0 Å². The fourth-order valence-electron chi connectivity index (χ4n) is 3.56. The molecule has 9 nitrogen and oxygen atoms in total. The van der Waals surface area contributed by atoms with Crippen LogP contribution in [0.25, 0.3) is 16.9 Å². The highest BCUT2D eigenvalue weighted by molar-refractivity contribution is 9.10. The average molecular weight is 587 g/mol. The van der Waals surface area contributed by atoms with Crippen LogP contribution in [0.5, 0.6) is 11.5 Å². The van der Waals surface area contributed by atoms with E-state index in [4.69, 9.17) is 9.47 Å². The second-order valence-electron chi connectivity index (χ2n) is 8.00. The van der Waals surface area contributed by atoms with Gasteiger partial charge in [0.05, 0.1) is 30.9 Å². The number of methoxy groups -OCH3 is 1. The number of carbonyl (C=O) groups is 1. The van der Waals surface area contributed by atoms with Gasteiger partial charge in [-0.15, -0.1) is 0 Å². The van der Waals surface area contributed by atoms with Crippen LogP contribution in [0.2, 0.25) is 0 Å². The highest BCUT2D eigenvalue weighted by Gasteiger charge is 2.35. The minimum Gasteiger partial charge on any atom is -0.497 e. The highest BCUT2D eigenvalue weighted by atomic mass is 79.9. The van der Waals surface area contributed by atoms with Crippen LogP contribution in [0, 0.1) is 0 Å². The summed E-state index contributed by atoms with van der Waals surface area (Å²) < 4.78 is 55.3. The molecule has 0 aliphatic carbocycles. The maximum absolute atomic E-state index is 13.9. The lowest BCUT2D eigenvalue weighted by Gasteiger charge is -2.11. The van der Waals surface area contributed by atoms with Crippen LogP contribution >= 0.6 is 15.9 Å². The molecule has 5 rings (SSSR count). The summed E-state index contributed by atoms with van der Waals surface area (Å²) in [5.41, 5.74) is -0.599. The maximum atomic E-state index is 13.9. The number of hydrogen-bond acceptors (Lipinski definition) is 6. The summed E-state index contributed by atoms with van der Waals surface area (Å²) in [5, 5.41) is 10.6. The molecule has 3 aromatic heterocycles. The second kappa shape index (κ2) is 10.2. The molecule has 3 heterocycles. The maximum Gasteiger partial charge on any atom is 0.433 e. The van der Waals surface area contributed by atoms with Crippen molar-refractivity contribution >= 4 is 33.2 Å². The van der Waals surface area contributed by atoms with Gasteiger partial charge in [0.25, 0.3) is 5.91 Å². The van der Waals surface area contributed by atoms with Crippen molar-refractivity contribution in [2.75, 3.05) is 12.4 Å². The molecule has 5 aromatic rings. The van der Waals surface area contributed by atoms with Crippen molar-refractivity contribution in [2.24, 2.45) is 0 Å². The van der Waals surface area contributed by atoms with Crippen molar-refractivity contribution in [3.8, 4) is 22.8 Å². The fourth-order valence-corrected chi connectivity index (χ4v) is 3.83. The van der Waals surface area contributed by atoms with Crippen LogP contribution in [0.4, 0.5) is 18.9 Å². The number of ether oxygens (including phenoxy) is 2. The van der Waals surface area contributed by atoms with Crippen LogP contribution < -0.4 is 14.8 Å². The van der Waals surface area contributed by atoms with E-state index in [2.05, 4.69) is 36.4 Å². The highest BCUT2D eigenvalue weighted by Crippen LogP contribution is 2.33. The molecule has 0 aliphatic heterocycles. The number of rotatable bonds is 7. The van der Waals surface area contributed by atoms with Crippen molar-refractivity contribution < 1.29 is 27.4 Å². The van der Waals surface area contributed by atoms with Crippen LogP contribution in [0.15, 0.2) is 77.5 Å². The Morgan fingerprint density at radius 3 is 2.45 bits per heavy atom. The van der Waals surface area contributed by atoms with E-state index in [1.54, 1.807) is 36.4 Å². The first-order valence-electron chi connectivity index (χ1n) is 11.0. The number of nitrogens with zero attached hydrogens (tertiary/aromatic N) is 5. The third-order valence-electron chi connectivity index (χ3n) is 5.40. The Hall–Kier alpha value is -4.39. The molecule has 0 spiro atoms. The summed E-state index contributed by atoms with van der Waals surface area (Å²) in [6.07, 6.45) is -1.83. The summed E-state index contributed by atoms with van der Waals surface area (Å²) in [6.45, 7) is 0.0822. The predicted octanol–water partition coefficient (Wildman–Crippen LogP) is 5.67. The van der Waals surface area contributed by atoms with E-state index in [1.807, 2.05) is 12.1 Å². The van der Waals surface area contributed by atoms with Crippen molar-refractivity contribution in [1.29, 1.82) is 0 Å². The van der Waals surface area contributed by atoms with Crippen LogP contribution in [0.3, 0.4) is 0 Å². The van der Waals surface area contributed by atoms with Gasteiger partial charge in [-0.3, -0.25) is 4.79 Å². The lowest BCUT2D eigenvalue weighted by Crippen LogP contribution is -2.15. The van der Waals surface area contributed by atoms with E-state index in [1.165, 1.54) is 30.3 Å². The number of benzene rings is 2. The zero-order valence-electron chi connectivity index (χ0n) is 19.6. The minimum atomic E-state index is -4.74. The van der Waals surface area contributed by atoms with Crippen molar-refractivity contribution in [1.82, 2.24) is 24.4 Å². The zero-order chi connectivity index (χ0) is 26.9. The van der Waals surface area contributed by atoms with Gasteiger partial charge in [-0.1, -0.05) is 15.9 Å². The number of alkyl halides is 3. The summed E-state index contributed by atoms with van der Waals surface area (Å²) in [6, 6.07) is 15.7.